The lowest BCUT2D eigenvalue weighted by molar-refractivity contribution is 0.0696. The topological polar surface area (TPSA) is 55.1 Å². The molecule has 0 aliphatic heterocycles. The van der Waals surface area contributed by atoms with Gasteiger partial charge in [-0.25, -0.2) is 9.48 Å². The van der Waals surface area contributed by atoms with Crippen LogP contribution < -0.4 is 0 Å². The molecule has 4 heteroatoms. The minimum Gasteiger partial charge on any atom is -0.478 e. The highest BCUT2D eigenvalue weighted by molar-refractivity contribution is 5.90. The second kappa shape index (κ2) is 5.98. The Balaban J connectivity index is 2.11. The average Bonchev–Trinajstić information content (AvgIpc) is 2.99. The molecule has 106 valence electrons. The first-order valence-electron chi connectivity index (χ1n) is 6.69. The van der Waals surface area contributed by atoms with E-state index in [0.29, 0.717) is 5.69 Å². The lowest BCUT2D eigenvalue weighted by Crippen LogP contribution is -2.03. The van der Waals surface area contributed by atoms with Gasteiger partial charge >= 0.3 is 5.97 Å². The molecule has 1 N–H and O–H groups in total. The first-order chi connectivity index (χ1) is 10.8. The Kier molecular flexibility index (Phi) is 3.71. The molecule has 0 aliphatic carbocycles. The Morgan fingerprint density at radius 2 is 1.59 bits per heavy atom. The van der Waals surface area contributed by atoms with Crippen molar-refractivity contribution >= 4 is 5.97 Å². The van der Waals surface area contributed by atoms with Crippen molar-refractivity contribution < 1.29 is 9.90 Å². The van der Waals surface area contributed by atoms with E-state index in [1.807, 2.05) is 60.7 Å². The van der Waals surface area contributed by atoms with Crippen LogP contribution in [-0.2, 0) is 0 Å². The molecule has 0 amide bonds. The molecule has 0 unspecified atom stereocenters. The van der Waals surface area contributed by atoms with Crippen LogP contribution in [0.2, 0.25) is 0 Å². The van der Waals surface area contributed by atoms with Crippen molar-refractivity contribution in [3.63, 3.8) is 0 Å². The van der Waals surface area contributed by atoms with Gasteiger partial charge in [-0.1, -0.05) is 42.3 Å². The standard InChI is InChI=1S/C18H12N2O2/c21-18(22)16-13-19-20(15-9-5-2-6-10-15)17(16)12-11-14-7-3-1-4-8-14/h1-10,13H,(H,21,22). The number of aromatic nitrogens is 2. The lowest BCUT2D eigenvalue weighted by Gasteiger charge is -2.03. The number of hydrogen-bond donors (Lipinski definition) is 1. The fraction of sp³-hybridized carbons (Fsp3) is 0. The summed E-state index contributed by atoms with van der Waals surface area (Å²) in [5.41, 5.74) is 2.04. The van der Waals surface area contributed by atoms with Gasteiger partial charge in [0.2, 0.25) is 0 Å². The smallest absolute Gasteiger partial charge is 0.340 e. The molecule has 0 saturated heterocycles. The molecule has 0 saturated carbocycles. The molecule has 0 aliphatic rings. The van der Waals surface area contributed by atoms with Gasteiger partial charge in [0.15, 0.2) is 0 Å². The Labute approximate surface area is 127 Å². The molecule has 0 bridgehead atoms. The maximum Gasteiger partial charge on any atom is 0.340 e. The van der Waals surface area contributed by atoms with E-state index in [2.05, 4.69) is 16.9 Å². The van der Waals surface area contributed by atoms with Gasteiger partial charge in [-0.2, -0.15) is 5.10 Å². The predicted octanol–water partition coefficient (Wildman–Crippen LogP) is 2.97. The minimum absolute atomic E-state index is 0.0901. The van der Waals surface area contributed by atoms with E-state index in [-0.39, 0.29) is 5.56 Å². The summed E-state index contributed by atoms with van der Waals surface area (Å²) in [6.07, 6.45) is 1.32. The zero-order chi connectivity index (χ0) is 15.4. The Morgan fingerprint density at radius 3 is 2.23 bits per heavy atom. The van der Waals surface area contributed by atoms with Crippen LogP contribution in [0.1, 0.15) is 21.6 Å². The van der Waals surface area contributed by atoms with Crippen LogP contribution in [0.4, 0.5) is 0 Å². The quantitative estimate of drug-likeness (QED) is 0.738. The van der Waals surface area contributed by atoms with Crippen molar-refractivity contribution in [3.8, 4) is 17.5 Å². The van der Waals surface area contributed by atoms with Crippen LogP contribution in [0.5, 0.6) is 0 Å². The van der Waals surface area contributed by atoms with E-state index in [9.17, 15) is 9.90 Å². The van der Waals surface area contributed by atoms with Gasteiger partial charge in [0.1, 0.15) is 11.3 Å². The van der Waals surface area contributed by atoms with Gasteiger partial charge in [-0.15, -0.1) is 0 Å². The maximum absolute atomic E-state index is 11.4. The van der Waals surface area contributed by atoms with E-state index in [0.717, 1.165) is 11.3 Å². The van der Waals surface area contributed by atoms with Crippen LogP contribution in [0.25, 0.3) is 5.69 Å². The Hall–Kier alpha value is -3.32. The summed E-state index contributed by atoms with van der Waals surface area (Å²) in [6.45, 7) is 0. The minimum atomic E-state index is -1.04. The largest absolute Gasteiger partial charge is 0.478 e. The third-order valence-electron chi connectivity index (χ3n) is 3.10. The van der Waals surface area contributed by atoms with Crippen molar-refractivity contribution in [2.24, 2.45) is 0 Å². The predicted molar refractivity (Wildman–Crippen MR) is 82.9 cm³/mol. The molecule has 22 heavy (non-hydrogen) atoms. The molecule has 1 aromatic heterocycles. The van der Waals surface area contributed by atoms with Crippen molar-refractivity contribution in [3.05, 3.63) is 83.7 Å². The first-order valence-corrected chi connectivity index (χ1v) is 6.69. The van der Waals surface area contributed by atoms with Gasteiger partial charge in [-0.05, 0) is 30.2 Å². The van der Waals surface area contributed by atoms with Crippen molar-refractivity contribution in [2.75, 3.05) is 0 Å². The zero-order valence-corrected chi connectivity index (χ0v) is 11.6. The molecule has 3 rings (SSSR count). The monoisotopic (exact) mass is 288 g/mol. The fourth-order valence-electron chi connectivity index (χ4n) is 2.04. The van der Waals surface area contributed by atoms with Crippen LogP contribution in [0, 0.1) is 11.8 Å². The number of rotatable bonds is 2. The van der Waals surface area contributed by atoms with Gasteiger partial charge < -0.3 is 5.11 Å². The van der Waals surface area contributed by atoms with Gasteiger partial charge in [-0.3, -0.25) is 0 Å². The number of nitrogens with zero attached hydrogens (tertiary/aromatic N) is 2. The maximum atomic E-state index is 11.4. The normalized spacial score (nSPS) is 9.82. The number of benzene rings is 2. The molecule has 0 radical (unpaired) electrons. The Bertz CT molecular complexity index is 856. The van der Waals surface area contributed by atoms with Gasteiger partial charge in [0.05, 0.1) is 11.9 Å². The number of hydrogen-bond acceptors (Lipinski definition) is 2. The molecule has 0 fully saturated rings. The second-order valence-electron chi connectivity index (χ2n) is 4.58. The lowest BCUT2D eigenvalue weighted by atomic mass is 10.2. The van der Waals surface area contributed by atoms with E-state index >= 15 is 0 Å². The highest BCUT2D eigenvalue weighted by Gasteiger charge is 2.15. The third kappa shape index (κ3) is 2.74. The molecule has 2 aromatic carbocycles. The average molecular weight is 288 g/mol. The number of carbonyl (C=O) groups is 1. The summed E-state index contributed by atoms with van der Waals surface area (Å²) in [5.74, 6) is 4.86. The number of carboxylic acids is 1. The zero-order valence-electron chi connectivity index (χ0n) is 11.6. The summed E-state index contributed by atoms with van der Waals surface area (Å²) in [5, 5.41) is 13.5. The molecular formula is C18H12N2O2. The van der Waals surface area contributed by atoms with Crippen molar-refractivity contribution in [1.82, 2.24) is 9.78 Å². The van der Waals surface area contributed by atoms with E-state index < -0.39 is 5.97 Å². The highest BCUT2D eigenvalue weighted by atomic mass is 16.4. The van der Waals surface area contributed by atoms with E-state index in [4.69, 9.17) is 0 Å². The van der Waals surface area contributed by atoms with E-state index in [1.165, 1.54) is 6.20 Å². The fourth-order valence-corrected chi connectivity index (χ4v) is 2.04. The summed E-state index contributed by atoms with van der Waals surface area (Å²) in [6, 6.07) is 18.7. The highest BCUT2D eigenvalue weighted by Crippen LogP contribution is 2.14. The number of para-hydroxylation sites is 1. The molecule has 1 heterocycles. The van der Waals surface area contributed by atoms with Gasteiger partial charge in [0.25, 0.3) is 0 Å². The van der Waals surface area contributed by atoms with Crippen LogP contribution in [-0.4, -0.2) is 20.9 Å². The molecule has 4 nitrogen and oxygen atoms in total. The summed E-state index contributed by atoms with van der Waals surface area (Å²) < 4.78 is 1.54. The molecular weight excluding hydrogens is 276 g/mol. The van der Waals surface area contributed by atoms with E-state index in [1.54, 1.807) is 4.68 Å². The number of aromatic carboxylic acids is 1. The van der Waals surface area contributed by atoms with Crippen molar-refractivity contribution in [2.45, 2.75) is 0 Å². The Morgan fingerprint density at radius 1 is 0.955 bits per heavy atom. The summed E-state index contributed by atoms with van der Waals surface area (Å²) in [4.78, 5) is 11.4. The van der Waals surface area contributed by atoms with Crippen molar-refractivity contribution in [1.29, 1.82) is 0 Å². The second-order valence-corrected chi connectivity index (χ2v) is 4.58. The molecule has 0 spiro atoms. The molecule has 3 aromatic rings. The van der Waals surface area contributed by atoms with Crippen LogP contribution in [0.15, 0.2) is 66.9 Å². The van der Waals surface area contributed by atoms with Gasteiger partial charge in [0, 0.05) is 5.56 Å². The summed E-state index contributed by atoms with van der Waals surface area (Å²) in [7, 11) is 0. The summed E-state index contributed by atoms with van der Waals surface area (Å²) >= 11 is 0. The first kappa shape index (κ1) is 13.7. The number of carboxylic acid groups (broad SMARTS) is 1. The third-order valence-corrected chi connectivity index (χ3v) is 3.10. The SMILES string of the molecule is O=C(O)c1cnn(-c2ccccc2)c1C#Cc1ccccc1. The van der Waals surface area contributed by atoms with Crippen LogP contribution in [0.3, 0.4) is 0 Å². The van der Waals surface area contributed by atoms with Crippen LogP contribution >= 0.6 is 0 Å². The molecule has 0 atom stereocenters.